The predicted octanol–water partition coefficient (Wildman–Crippen LogP) is -1.69. The number of phosphoric acid groups is 3. The molecule has 2 unspecified atom stereocenters. The molecule has 0 aliphatic carbocycles. The SMILES string of the molecule is Nc1nc2c(ncn2[C@@H]2O[C@H](COP(=O)(O)OP(=O)(O)OP(=O)(O)O)C[C@H]2O)c(=O)[nH]1.[Mg+2]. The number of hydrogen-bond donors (Lipinski definition) is 7. The first-order valence-corrected chi connectivity index (χ1v) is 12.5. The van der Waals surface area contributed by atoms with Crippen molar-refractivity contribution in [3.05, 3.63) is 16.7 Å². The molecule has 32 heavy (non-hydrogen) atoms. The van der Waals surface area contributed by atoms with Crippen LogP contribution < -0.4 is 11.3 Å². The van der Waals surface area contributed by atoms with E-state index in [1.165, 1.54) is 4.57 Å². The molecule has 3 heterocycles. The molecule has 0 saturated carbocycles. The monoisotopic (exact) mass is 531 g/mol. The number of aliphatic hydroxyl groups is 1. The van der Waals surface area contributed by atoms with Gasteiger partial charge in [0, 0.05) is 6.42 Å². The van der Waals surface area contributed by atoms with Gasteiger partial charge in [-0.3, -0.25) is 18.9 Å². The molecule has 1 fully saturated rings. The quantitative estimate of drug-likeness (QED) is 0.148. The Morgan fingerprint density at radius 1 is 1.22 bits per heavy atom. The number of nitrogens with two attached hydrogens (primary N) is 1. The fourth-order valence-electron chi connectivity index (χ4n) is 2.70. The first-order valence-electron chi connectivity index (χ1n) is 8.00. The van der Waals surface area contributed by atoms with Gasteiger partial charge in [-0.15, -0.1) is 0 Å². The van der Waals surface area contributed by atoms with Gasteiger partial charge in [-0.05, 0) is 0 Å². The molecule has 0 radical (unpaired) electrons. The van der Waals surface area contributed by atoms with Crippen LogP contribution in [-0.2, 0) is 31.6 Å². The maximum Gasteiger partial charge on any atom is 2.00 e. The largest absolute Gasteiger partial charge is 2.00 e. The Bertz CT molecular complexity index is 1180. The van der Waals surface area contributed by atoms with Crippen molar-refractivity contribution in [2.24, 2.45) is 0 Å². The Hall–Kier alpha value is -0.754. The molecule has 1 saturated heterocycles. The standard InChI is InChI=1S/C10H16N5O13P3.Mg/c11-10-13-7-6(8(17)14-10)12-3-15(7)9-5(16)1-4(26-9)2-25-30(21,22)28-31(23,24)27-29(18,19)20;/h3-5,9,16H,1-2H2,(H,21,22)(H,23,24)(H2,18,19,20)(H3,11,13,14,17);/q;+2/t4-,5+,9+;/m0./s1. The smallest absolute Gasteiger partial charge is 0.388 e. The summed E-state index contributed by atoms with van der Waals surface area (Å²) in [5.41, 5.74) is 4.78. The molecule has 0 spiro atoms. The van der Waals surface area contributed by atoms with Gasteiger partial charge < -0.3 is 35.2 Å². The first-order chi connectivity index (χ1) is 14.2. The van der Waals surface area contributed by atoms with Gasteiger partial charge in [0.15, 0.2) is 17.4 Å². The average molecular weight is 531 g/mol. The van der Waals surface area contributed by atoms with Crippen molar-refractivity contribution >= 4 is 63.6 Å². The number of nitrogen functional groups attached to an aromatic ring is 1. The molecule has 2 aromatic rings. The molecule has 174 valence electrons. The number of H-pyrrole nitrogens is 1. The van der Waals surface area contributed by atoms with Crippen LogP contribution in [0.3, 0.4) is 0 Å². The van der Waals surface area contributed by atoms with E-state index >= 15 is 0 Å². The predicted molar refractivity (Wildman–Crippen MR) is 103 cm³/mol. The zero-order valence-corrected chi connectivity index (χ0v) is 19.8. The van der Waals surface area contributed by atoms with Gasteiger partial charge in [0.25, 0.3) is 5.56 Å². The molecular formula is C10H16MgN5O13P3+2. The number of nitrogens with one attached hydrogen (secondary N) is 1. The fraction of sp³-hybridized carbons (Fsp3) is 0.500. The van der Waals surface area contributed by atoms with Crippen LogP contribution in [-0.4, -0.2) is 86.1 Å². The third-order valence-electron chi connectivity index (χ3n) is 3.73. The number of fused-ring (bicyclic) bond motifs is 1. The van der Waals surface area contributed by atoms with Crippen molar-refractivity contribution in [3.63, 3.8) is 0 Å². The number of rotatable bonds is 8. The van der Waals surface area contributed by atoms with Gasteiger partial charge in [0.1, 0.15) is 6.10 Å². The summed E-state index contributed by atoms with van der Waals surface area (Å²) >= 11 is 0. The Balaban J connectivity index is 0.00000363. The van der Waals surface area contributed by atoms with E-state index in [9.17, 15) is 28.5 Å². The summed E-state index contributed by atoms with van der Waals surface area (Å²) < 4.78 is 52.0. The molecule has 22 heteroatoms. The van der Waals surface area contributed by atoms with Crippen LogP contribution in [0.1, 0.15) is 12.6 Å². The topological polar surface area (TPSA) is 279 Å². The van der Waals surface area contributed by atoms with Gasteiger partial charge in [0.2, 0.25) is 5.95 Å². The second-order valence-corrected chi connectivity index (χ2v) is 10.5. The Labute approximate surface area is 193 Å². The zero-order chi connectivity index (χ0) is 23.2. The second kappa shape index (κ2) is 9.85. The number of anilines is 1. The number of aliphatic hydroxyl groups excluding tert-OH is 1. The van der Waals surface area contributed by atoms with Crippen LogP contribution in [0, 0.1) is 0 Å². The number of ether oxygens (including phenoxy) is 1. The second-order valence-electron chi connectivity index (χ2n) is 6.11. The van der Waals surface area contributed by atoms with Crippen LogP contribution >= 0.6 is 23.5 Å². The summed E-state index contributed by atoms with van der Waals surface area (Å²) in [5.74, 6) is -0.212. The summed E-state index contributed by atoms with van der Waals surface area (Å²) in [6.45, 7) is -0.750. The number of aromatic amines is 1. The number of aromatic nitrogens is 4. The summed E-state index contributed by atoms with van der Waals surface area (Å²) in [5, 5.41) is 10.2. The molecule has 3 rings (SSSR count). The van der Waals surface area contributed by atoms with Crippen molar-refractivity contribution in [3.8, 4) is 0 Å². The molecule has 8 N–H and O–H groups in total. The van der Waals surface area contributed by atoms with Crippen LogP contribution in [0.2, 0.25) is 0 Å². The van der Waals surface area contributed by atoms with Crippen molar-refractivity contribution in [1.29, 1.82) is 0 Å². The normalized spacial score (nSPS) is 25.2. The molecule has 1 aliphatic heterocycles. The summed E-state index contributed by atoms with van der Waals surface area (Å²) in [4.78, 5) is 57.4. The Kier molecular flexibility index (Phi) is 8.46. The van der Waals surface area contributed by atoms with E-state index in [-0.39, 0.29) is 46.6 Å². The Morgan fingerprint density at radius 2 is 1.88 bits per heavy atom. The van der Waals surface area contributed by atoms with Crippen molar-refractivity contribution in [2.75, 3.05) is 12.3 Å². The fourth-order valence-corrected chi connectivity index (χ4v) is 5.75. The molecule has 0 amide bonds. The summed E-state index contributed by atoms with van der Waals surface area (Å²) in [7, 11) is -16.5. The molecule has 0 aromatic carbocycles. The van der Waals surface area contributed by atoms with Crippen LogP contribution in [0.25, 0.3) is 11.2 Å². The van der Waals surface area contributed by atoms with E-state index in [4.69, 9.17) is 25.2 Å². The molecule has 0 bridgehead atoms. The minimum atomic E-state index is -5.65. The van der Waals surface area contributed by atoms with Gasteiger partial charge >= 0.3 is 46.5 Å². The van der Waals surface area contributed by atoms with E-state index in [0.717, 1.165) is 6.33 Å². The van der Waals surface area contributed by atoms with Crippen molar-refractivity contribution in [1.82, 2.24) is 19.5 Å². The minimum absolute atomic E-state index is 0. The van der Waals surface area contributed by atoms with Gasteiger partial charge in [0.05, 0.1) is 19.0 Å². The van der Waals surface area contributed by atoms with E-state index in [2.05, 4.69) is 28.1 Å². The molecule has 1 aliphatic rings. The minimum Gasteiger partial charge on any atom is -0.388 e. The van der Waals surface area contributed by atoms with Gasteiger partial charge in [-0.1, -0.05) is 0 Å². The maximum atomic E-state index is 11.8. The first kappa shape index (κ1) is 27.5. The zero-order valence-electron chi connectivity index (χ0n) is 15.7. The van der Waals surface area contributed by atoms with E-state index in [1.807, 2.05) is 0 Å². The number of hydrogen-bond acceptors (Lipinski definition) is 12. The third kappa shape index (κ3) is 6.88. The number of nitrogens with zero attached hydrogens (tertiary/aromatic N) is 3. The summed E-state index contributed by atoms with van der Waals surface area (Å²) in [6.07, 6.45) is -2.41. The van der Waals surface area contributed by atoms with Gasteiger partial charge in [-0.25, -0.2) is 18.7 Å². The number of imidazole rings is 1. The van der Waals surface area contributed by atoms with Gasteiger partial charge in [-0.2, -0.15) is 13.6 Å². The maximum absolute atomic E-state index is 11.8. The molecular weight excluding hydrogens is 515 g/mol. The average Bonchev–Trinajstić information content (AvgIpc) is 3.12. The molecule has 18 nitrogen and oxygen atoms in total. The molecule has 2 aromatic heterocycles. The van der Waals surface area contributed by atoms with Crippen molar-refractivity contribution in [2.45, 2.75) is 24.9 Å². The van der Waals surface area contributed by atoms with Crippen molar-refractivity contribution < 1.29 is 56.3 Å². The molecule has 5 atom stereocenters. The van der Waals surface area contributed by atoms with E-state index in [1.54, 1.807) is 0 Å². The van der Waals surface area contributed by atoms with E-state index < -0.39 is 54.1 Å². The third-order valence-corrected chi connectivity index (χ3v) is 7.53. The Morgan fingerprint density at radius 3 is 2.50 bits per heavy atom. The number of phosphoric ester groups is 1. The van der Waals surface area contributed by atoms with E-state index in [0.29, 0.717) is 0 Å². The van der Waals surface area contributed by atoms with Crippen LogP contribution in [0.5, 0.6) is 0 Å². The summed E-state index contributed by atoms with van der Waals surface area (Å²) in [6, 6.07) is 0. The van der Waals surface area contributed by atoms with Crippen LogP contribution in [0.4, 0.5) is 5.95 Å². The van der Waals surface area contributed by atoms with Crippen LogP contribution in [0.15, 0.2) is 11.1 Å².